The second-order valence-corrected chi connectivity index (χ2v) is 10.4. The summed E-state index contributed by atoms with van der Waals surface area (Å²) in [6.07, 6.45) is 2.12. The van der Waals surface area contributed by atoms with Crippen LogP contribution < -0.4 is 10.2 Å². The smallest absolute Gasteiger partial charge is 0.205 e. The van der Waals surface area contributed by atoms with Crippen LogP contribution in [-0.2, 0) is 16.3 Å². The van der Waals surface area contributed by atoms with Crippen molar-refractivity contribution in [1.82, 2.24) is 19.6 Å². The Morgan fingerprint density at radius 3 is 2.42 bits per heavy atom. The van der Waals surface area contributed by atoms with Crippen molar-refractivity contribution in [3.05, 3.63) is 5.82 Å². The lowest BCUT2D eigenvalue weighted by Crippen LogP contribution is -2.53. The lowest BCUT2D eigenvalue weighted by Gasteiger charge is -2.36. The Kier molecular flexibility index (Phi) is 6.84. The molecule has 2 rings (SSSR count). The van der Waals surface area contributed by atoms with E-state index < -0.39 is 14.6 Å². The van der Waals surface area contributed by atoms with Crippen molar-refractivity contribution in [1.29, 1.82) is 0 Å². The van der Waals surface area contributed by atoms with Crippen LogP contribution in [0.2, 0.25) is 0 Å². The van der Waals surface area contributed by atoms with E-state index in [0.29, 0.717) is 0 Å². The third-order valence-corrected chi connectivity index (χ3v) is 7.52. The second-order valence-electron chi connectivity index (χ2n) is 7.02. The van der Waals surface area contributed by atoms with E-state index in [1.807, 2.05) is 6.92 Å². The lowest BCUT2D eigenvalue weighted by molar-refractivity contribution is 0.371. The molecule has 8 nitrogen and oxygen atoms in total. The number of guanidine groups is 1. The first-order chi connectivity index (χ1) is 12.2. The monoisotopic (exact) mass is 402 g/mol. The molecule has 1 aromatic rings. The van der Waals surface area contributed by atoms with E-state index in [9.17, 15) is 8.42 Å². The van der Waals surface area contributed by atoms with Crippen LogP contribution in [0.25, 0.3) is 0 Å². The second kappa shape index (κ2) is 8.51. The van der Waals surface area contributed by atoms with Crippen molar-refractivity contribution in [3.63, 3.8) is 0 Å². The summed E-state index contributed by atoms with van der Waals surface area (Å²) < 4.78 is 27.3. The fraction of sp³-hybridized carbons (Fsp3) is 0.812. The Labute approximate surface area is 160 Å². The number of sulfone groups is 1. The van der Waals surface area contributed by atoms with Crippen LogP contribution in [0.5, 0.6) is 0 Å². The zero-order chi connectivity index (χ0) is 19.4. The molecule has 0 unspecified atom stereocenters. The normalized spacial score (nSPS) is 16.9. The number of aryl methyl sites for hydroxylation is 1. The van der Waals surface area contributed by atoms with Gasteiger partial charge < -0.3 is 15.1 Å². The Balaban J connectivity index is 2.02. The average Bonchev–Trinajstić information content (AvgIpc) is 3.07. The molecule has 0 aromatic carbocycles. The fourth-order valence-corrected chi connectivity index (χ4v) is 3.53. The van der Waals surface area contributed by atoms with E-state index in [0.717, 1.165) is 56.1 Å². The van der Waals surface area contributed by atoms with Crippen molar-refractivity contribution in [2.45, 2.75) is 38.9 Å². The van der Waals surface area contributed by atoms with Crippen molar-refractivity contribution < 1.29 is 8.42 Å². The summed E-state index contributed by atoms with van der Waals surface area (Å²) in [6, 6.07) is 0. The van der Waals surface area contributed by atoms with Gasteiger partial charge in [-0.2, -0.15) is 4.37 Å². The van der Waals surface area contributed by atoms with Gasteiger partial charge in [0.25, 0.3) is 0 Å². The summed E-state index contributed by atoms with van der Waals surface area (Å²) in [7, 11) is -3.16. The summed E-state index contributed by atoms with van der Waals surface area (Å²) in [6.45, 7) is 11.8. The molecule has 1 aromatic heterocycles. The molecular weight excluding hydrogens is 372 g/mol. The van der Waals surface area contributed by atoms with E-state index in [1.54, 1.807) is 13.8 Å². The predicted octanol–water partition coefficient (Wildman–Crippen LogP) is 1.01. The van der Waals surface area contributed by atoms with Gasteiger partial charge in [-0.1, -0.05) is 6.92 Å². The number of piperazine rings is 1. The topological polar surface area (TPSA) is 90.8 Å². The molecule has 148 valence electrons. The summed E-state index contributed by atoms with van der Waals surface area (Å²) >= 11 is 1.45. The molecule has 26 heavy (non-hydrogen) atoms. The Morgan fingerprint density at radius 2 is 1.92 bits per heavy atom. The minimum absolute atomic E-state index is 0.241. The first kappa shape index (κ1) is 20.9. The van der Waals surface area contributed by atoms with Crippen LogP contribution in [0.3, 0.4) is 0 Å². The maximum Gasteiger partial charge on any atom is 0.205 e. The number of hydrogen-bond acceptors (Lipinski definition) is 7. The molecule has 0 aliphatic carbocycles. The van der Waals surface area contributed by atoms with Crippen molar-refractivity contribution in [3.8, 4) is 0 Å². The van der Waals surface area contributed by atoms with Gasteiger partial charge in [0.2, 0.25) is 5.13 Å². The highest BCUT2D eigenvalue weighted by molar-refractivity contribution is 7.92. The molecule has 1 saturated heterocycles. The van der Waals surface area contributed by atoms with Gasteiger partial charge in [-0.25, -0.2) is 13.4 Å². The summed E-state index contributed by atoms with van der Waals surface area (Å²) in [5, 5.41) is 4.26. The van der Waals surface area contributed by atoms with Crippen LogP contribution in [-0.4, -0.2) is 78.9 Å². The Bertz CT molecular complexity index is 721. The quantitative estimate of drug-likeness (QED) is 0.561. The molecule has 0 radical (unpaired) electrons. The van der Waals surface area contributed by atoms with Gasteiger partial charge in [-0.05, 0) is 20.8 Å². The van der Waals surface area contributed by atoms with Crippen LogP contribution in [0.4, 0.5) is 5.13 Å². The van der Waals surface area contributed by atoms with Crippen molar-refractivity contribution in [2.24, 2.45) is 4.99 Å². The first-order valence-corrected chi connectivity index (χ1v) is 11.6. The number of aromatic nitrogens is 2. The van der Waals surface area contributed by atoms with Gasteiger partial charge in [-0.15, -0.1) is 0 Å². The van der Waals surface area contributed by atoms with Crippen LogP contribution in [0.1, 0.15) is 33.5 Å². The van der Waals surface area contributed by atoms with Gasteiger partial charge in [0.15, 0.2) is 15.8 Å². The Morgan fingerprint density at radius 1 is 1.27 bits per heavy atom. The number of aliphatic imine (C=N–C) groups is 1. The number of nitrogens with zero attached hydrogens (tertiary/aromatic N) is 5. The zero-order valence-electron chi connectivity index (χ0n) is 16.3. The largest absolute Gasteiger partial charge is 0.357 e. The van der Waals surface area contributed by atoms with Crippen LogP contribution in [0.15, 0.2) is 4.99 Å². The molecule has 0 bridgehead atoms. The van der Waals surface area contributed by atoms with E-state index in [-0.39, 0.29) is 6.54 Å². The Hall–Kier alpha value is -1.42. The average molecular weight is 403 g/mol. The number of anilines is 1. The van der Waals surface area contributed by atoms with E-state index in [4.69, 9.17) is 0 Å². The molecule has 2 heterocycles. The maximum absolute atomic E-state index is 11.9. The van der Waals surface area contributed by atoms with Gasteiger partial charge in [0.1, 0.15) is 5.82 Å². The van der Waals surface area contributed by atoms with Crippen molar-refractivity contribution >= 4 is 32.5 Å². The number of rotatable bonds is 6. The maximum atomic E-state index is 11.9. The third kappa shape index (κ3) is 5.06. The summed E-state index contributed by atoms with van der Waals surface area (Å²) in [4.78, 5) is 13.6. The molecule has 0 atom stereocenters. The van der Waals surface area contributed by atoms with Gasteiger partial charge in [0.05, 0.1) is 11.3 Å². The predicted molar refractivity (Wildman–Crippen MR) is 108 cm³/mol. The molecule has 1 aliphatic heterocycles. The first-order valence-electron chi connectivity index (χ1n) is 8.98. The van der Waals surface area contributed by atoms with E-state index in [1.165, 1.54) is 17.8 Å². The molecular formula is C16H30N6O2S2. The molecule has 10 heteroatoms. The fourth-order valence-electron chi connectivity index (χ4n) is 2.43. The van der Waals surface area contributed by atoms with Gasteiger partial charge >= 0.3 is 0 Å². The lowest BCUT2D eigenvalue weighted by atomic mass is 10.2. The third-order valence-electron chi connectivity index (χ3n) is 4.57. The van der Waals surface area contributed by atoms with Crippen LogP contribution >= 0.6 is 11.5 Å². The van der Waals surface area contributed by atoms with Crippen LogP contribution in [0, 0.1) is 0 Å². The minimum Gasteiger partial charge on any atom is -0.357 e. The van der Waals surface area contributed by atoms with E-state index in [2.05, 4.69) is 36.4 Å². The summed E-state index contributed by atoms with van der Waals surface area (Å²) in [5.74, 6) is 1.67. The molecule has 1 fully saturated rings. The SMILES string of the molecule is CCNC(=NCC(C)(C)S(C)(=O)=O)N1CCN(c2nc(CC)ns2)CC1. The zero-order valence-corrected chi connectivity index (χ0v) is 18.0. The summed E-state index contributed by atoms with van der Waals surface area (Å²) in [5.41, 5.74) is 0. The molecule has 0 saturated carbocycles. The molecule has 1 aliphatic rings. The van der Waals surface area contributed by atoms with Gasteiger partial charge in [-0.3, -0.25) is 4.99 Å². The standard InChI is InChI=1S/C16H30N6O2S2/c1-6-13-19-15(25-20-13)22-10-8-21(9-11-22)14(17-7-2)18-12-16(3,4)26(5,23)24/h6-12H2,1-5H3,(H,17,18). The molecule has 0 spiro atoms. The molecule has 0 amide bonds. The van der Waals surface area contributed by atoms with Gasteiger partial charge in [0, 0.05) is 56.9 Å². The van der Waals surface area contributed by atoms with Crippen molar-refractivity contribution in [2.75, 3.05) is 50.4 Å². The van der Waals surface area contributed by atoms with E-state index >= 15 is 0 Å². The number of nitrogens with one attached hydrogen (secondary N) is 1. The molecule has 1 N–H and O–H groups in total. The number of hydrogen-bond donors (Lipinski definition) is 1. The highest BCUT2D eigenvalue weighted by Gasteiger charge is 2.30. The minimum atomic E-state index is -3.16. The highest BCUT2D eigenvalue weighted by Crippen LogP contribution is 2.20. The highest BCUT2D eigenvalue weighted by atomic mass is 32.2.